The van der Waals surface area contributed by atoms with E-state index >= 15 is 0 Å². The number of hydrogen-bond acceptors (Lipinski definition) is 3. The van der Waals surface area contributed by atoms with Gasteiger partial charge in [-0.15, -0.1) is 11.8 Å². The van der Waals surface area contributed by atoms with Crippen LogP contribution in [0.25, 0.3) is 0 Å². The molecule has 0 aromatic heterocycles. The Hall–Kier alpha value is -1.49. The third-order valence-electron chi connectivity index (χ3n) is 2.49. The standard InChI is InChI=1S/C13H17NO3S/c1-3-9(2)14-12(15)8-18-11-6-4-10(5-7-11)13(16)17/h4-7,9H,3,8H2,1-2H3,(H,14,15)(H,16,17). The van der Waals surface area contributed by atoms with E-state index in [1.54, 1.807) is 12.1 Å². The molecule has 1 unspecified atom stereocenters. The van der Waals surface area contributed by atoms with Crippen LogP contribution in [0.15, 0.2) is 29.2 Å². The minimum Gasteiger partial charge on any atom is -0.478 e. The van der Waals surface area contributed by atoms with Gasteiger partial charge in [0.25, 0.3) is 0 Å². The number of carboxylic acids is 1. The molecule has 0 saturated carbocycles. The first-order valence-corrected chi connectivity index (χ1v) is 6.77. The molecule has 0 fully saturated rings. The lowest BCUT2D eigenvalue weighted by molar-refractivity contribution is -0.119. The van der Waals surface area contributed by atoms with Crippen molar-refractivity contribution in [1.29, 1.82) is 0 Å². The highest BCUT2D eigenvalue weighted by Crippen LogP contribution is 2.18. The average molecular weight is 267 g/mol. The average Bonchev–Trinajstić information content (AvgIpc) is 2.36. The van der Waals surface area contributed by atoms with E-state index in [1.165, 1.54) is 23.9 Å². The van der Waals surface area contributed by atoms with Crippen molar-refractivity contribution < 1.29 is 14.7 Å². The van der Waals surface area contributed by atoms with E-state index in [-0.39, 0.29) is 17.5 Å². The number of carbonyl (C=O) groups is 2. The molecule has 0 bridgehead atoms. The molecule has 0 radical (unpaired) electrons. The van der Waals surface area contributed by atoms with E-state index in [0.29, 0.717) is 5.75 Å². The maximum Gasteiger partial charge on any atom is 0.335 e. The van der Waals surface area contributed by atoms with Crippen molar-refractivity contribution in [3.63, 3.8) is 0 Å². The van der Waals surface area contributed by atoms with Crippen molar-refractivity contribution in [3.05, 3.63) is 29.8 Å². The Morgan fingerprint density at radius 2 is 1.94 bits per heavy atom. The number of thioether (sulfide) groups is 1. The van der Waals surface area contributed by atoms with Gasteiger partial charge in [0.2, 0.25) is 5.91 Å². The molecular weight excluding hydrogens is 250 g/mol. The molecule has 18 heavy (non-hydrogen) atoms. The molecular formula is C13H17NO3S. The zero-order chi connectivity index (χ0) is 13.5. The van der Waals surface area contributed by atoms with Crippen LogP contribution >= 0.6 is 11.8 Å². The number of aromatic carboxylic acids is 1. The number of nitrogens with one attached hydrogen (secondary N) is 1. The number of amides is 1. The molecule has 1 aromatic rings. The molecule has 0 heterocycles. The lowest BCUT2D eigenvalue weighted by Gasteiger charge is -2.10. The van der Waals surface area contributed by atoms with Crippen LogP contribution in [-0.4, -0.2) is 28.8 Å². The van der Waals surface area contributed by atoms with Crippen molar-refractivity contribution >= 4 is 23.6 Å². The van der Waals surface area contributed by atoms with Crippen LogP contribution in [-0.2, 0) is 4.79 Å². The third kappa shape index (κ3) is 4.79. The normalized spacial score (nSPS) is 11.9. The van der Waals surface area contributed by atoms with Crippen molar-refractivity contribution in [2.45, 2.75) is 31.2 Å². The monoisotopic (exact) mass is 267 g/mol. The van der Waals surface area contributed by atoms with Crippen LogP contribution in [0.5, 0.6) is 0 Å². The van der Waals surface area contributed by atoms with Gasteiger partial charge >= 0.3 is 5.97 Å². The van der Waals surface area contributed by atoms with E-state index in [9.17, 15) is 9.59 Å². The summed E-state index contributed by atoms with van der Waals surface area (Å²) in [6.07, 6.45) is 0.906. The molecule has 1 aromatic carbocycles. The summed E-state index contributed by atoms with van der Waals surface area (Å²) in [4.78, 5) is 23.1. The minimum absolute atomic E-state index is 0.00309. The molecule has 0 saturated heterocycles. The largest absolute Gasteiger partial charge is 0.478 e. The zero-order valence-electron chi connectivity index (χ0n) is 10.5. The topological polar surface area (TPSA) is 66.4 Å². The summed E-state index contributed by atoms with van der Waals surface area (Å²) in [5, 5.41) is 11.6. The number of hydrogen-bond donors (Lipinski definition) is 2. The van der Waals surface area contributed by atoms with E-state index < -0.39 is 5.97 Å². The Kier molecular flexibility index (Phi) is 5.71. The van der Waals surface area contributed by atoms with Crippen LogP contribution in [0.1, 0.15) is 30.6 Å². The number of carboxylic acid groups (broad SMARTS) is 1. The fraction of sp³-hybridized carbons (Fsp3) is 0.385. The molecule has 1 rings (SSSR count). The van der Waals surface area contributed by atoms with Crippen LogP contribution in [0.2, 0.25) is 0 Å². The van der Waals surface area contributed by atoms with Gasteiger partial charge in [-0.25, -0.2) is 4.79 Å². The molecule has 2 N–H and O–H groups in total. The van der Waals surface area contributed by atoms with Crippen molar-refractivity contribution in [2.75, 3.05) is 5.75 Å². The van der Waals surface area contributed by atoms with Crippen molar-refractivity contribution in [1.82, 2.24) is 5.32 Å². The quantitative estimate of drug-likeness (QED) is 0.777. The minimum atomic E-state index is -0.943. The highest BCUT2D eigenvalue weighted by Gasteiger charge is 2.07. The van der Waals surface area contributed by atoms with Gasteiger partial charge in [-0.05, 0) is 37.6 Å². The summed E-state index contributed by atoms with van der Waals surface area (Å²) in [5.74, 6) is -0.603. The van der Waals surface area contributed by atoms with Crippen LogP contribution in [0.3, 0.4) is 0 Å². The summed E-state index contributed by atoms with van der Waals surface area (Å²) >= 11 is 1.40. The van der Waals surface area contributed by atoms with Gasteiger partial charge in [0, 0.05) is 10.9 Å². The fourth-order valence-electron chi connectivity index (χ4n) is 1.26. The Balaban J connectivity index is 2.44. The summed E-state index contributed by atoms with van der Waals surface area (Å²) in [6.45, 7) is 3.98. The maximum absolute atomic E-state index is 11.5. The van der Waals surface area contributed by atoms with Gasteiger partial charge in [0.15, 0.2) is 0 Å². The van der Waals surface area contributed by atoms with E-state index in [0.717, 1.165) is 11.3 Å². The molecule has 5 heteroatoms. The Labute approximate surface area is 111 Å². The first kappa shape index (κ1) is 14.6. The second-order valence-electron chi connectivity index (χ2n) is 4.00. The first-order chi connectivity index (χ1) is 8.52. The van der Waals surface area contributed by atoms with Gasteiger partial charge in [-0.2, -0.15) is 0 Å². The fourth-order valence-corrected chi connectivity index (χ4v) is 1.97. The Morgan fingerprint density at radius 1 is 1.33 bits per heavy atom. The Morgan fingerprint density at radius 3 is 2.44 bits per heavy atom. The summed E-state index contributed by atoms with van der Waals surface area (Å²) in [7, 11) is 0. The number of carbonyl (C=O) groups excluding carboxylic acids is 1. The number of rotatable bonds is 6. The maximum atomic E-state index is 11.5. The lowest BCUT2D eigenvalue weighted by Crippen LogP contribution is -2.33. The highest BCUT2D eigenvalue weighted by atomic mass is 32.2. The summed E-state index contributed by atoms with van der Waals surface area (Å²) < 4.78 is 0. The van der Waals surface area contributed by atoms with Crippen LogP contribution in [0, 0.1) is 0 Å². The Bertz CT molecular complexity index is 417. The van der Waals surface area contributed by atoms with Gasteiger partial charge in [-0.3, -0.25) is 4.79 Å². The zero-order valence-corrected chi connectivity index (χ0v) is 11.3. The molecule has 1 amide bonds. The third-order valence-corrected chi connectivity index (χ3v) is 3.50. The molecule has 0 aliphatic heterocycles. The molecule has 98 valence electrons. The lowest BCUT2D eigenvalue weighted by atomic mass is 10.2. The summed E-state index contributed by atoms with van der Waals surface area (Å²) in [6, 6.07) is 6.69. The highest BCUT2D eigenvalue weighted by molar-refractivity contribution is 8.00. The van der Waals surface area contributed by atoms with Gasteiger partial charge in [0.1, 0.15) is 0 Å². The first-order valence-electron chi connectivity index (χ1n) is 5.78. The second kappa shape index (κ2) is 7.06. The molecule has 1 atom stereocenters. The van der Waals surface area contributed by atoms with E-state index in [4.69, 9.17) is 5.11 Å². The number of benzene rings is 1. The second-order valence-corrected chi connectivity index (χ2v) is 5.04. The van der Waals surface area contributed by atoms with Crippen LogP contribution < -0.4 is 5.32 Å². The molecule has 0 aliphatic rings. The molecule has 0 spiro atoms. The molecule has 4 nitrogen and oxygen atoms in total. The van der Waals surface area contributed by atoms with Crippen LogP contribution in [0.4, 0.5) is 0 Å². The molecule has 0 aliphatic carbocycles. The summed E-state index contributed by atoms with van der Waals surface area (Å²) in [5.41, 5.74) is 0.253. The van der Waals surface area contributed by atoms with Gasteiger partial charge < -0.3 is 10.4 Å². The SMILES string of the molecule is CCC(C)NC(=O)CSc1ccc(C(=O)O)cc1. The predicted octanol–water partition coefficient (Wildman–Crippen LogP) is 2.39. The van der Waals surface area contributed by atoms with E-state index in [2.05, 4.69) is 5.32 Å². The van der Waals surface area contributed by atoms with Gasteiger partial charge in [-0.1, -0.05) is 6.92 Å². The van der Waals surface area contributed by atoms with Crippen molar-refractivity contribution in [3.8, 4) is 0 Å². The smallest absolute Gasteiger partial charge is 0.335 e. The predicted molar refractivity (Wildman–Crippen MR) is 72.0 cm³/mol. The van der Waals surface area contributed by atoms with Crippen molar-refractivity contribution in [2.24, 2.45) is 0 Å². The van der Waals surface area contributed by atoms with Gasteiger partial charge in [0.05, 0.1) is 11.3 Å². The van der Waals surface area contributed by atoms with E-state index in [1.807, 2.05) is 13.8 Å².